The molecule has 1 aromatic carbocycles. The molecule has 2 N–H and O–H groups in total. The van der Waals surface area contributed by atoms with Crippen molar-refractivity contribution < 1.29 is 13.2 Å². The Morgan fingerprint density at radius 3 is 2.56 bits per heavy atom. The van der Waals surface area contributed by atoms with Crippen molar-refractivity contribution >= 4 is 38.4 Å². The topological polar surface area (TPSA) is 98.4 Å². The van der Waals surface area contributed by atoms with E-state index in [4.69, 9.17) is 11.6 Å². The van der Waals surface area contributed by atoms with Gasteiger partial charge in [-0.15, -0.1) is 0 Å². The fourth-order valence-electron chi connectivity index (χ4n) is 3.80. The SMILES string of the molecule is O=C(NCCCCN1CCN(S(=O)(=O)c2ccc(Cl)cc2)CC1)c1cc2cnccc2[nH]1. The van der Waals surface area contributed by atoms with Crippen LogP contribution in [0.5, 0.6) is 0 Å². The van der Waals surface area contributed by atoms with Crippen LogP contribution in [0, 0.1) is 0 Å². The molecule has 1 fully saturated rings. The number of amides is 1. The fraction of sp³-hybridized carbons (Fsp3) is 0.364. The van der Waals surface area contributed by atoms with E-state index in [1.165, 1.54) is 4.31 Å². The molecule has 3 heterocycles. The first-order valence-corrected chi connectivity index (χ1v) is 12.4. The number of rotatable bonds is 8. The van der Waals surface area contributed by atoms with Crippen molar-refractivity contribution in [3.8, 4) is 0 Å². The lowest BCUT2D eigenvalue weighted by atomic mass is 10.2. The van der Waals surface area contributed by atoms with Gasteiger partial charge in [-0.05, 0) is 55.8 Å². The smallest absolute Gasteiger partial charge is 0.267 e. The molecular formula is C22H26ClN5O3S. The molecule has 1 aliphatic heterocycles. The molecule has 10 heteroatoms. The summed E-state index contributed by atoms with van der Waals surface area (Å²) >= 11 is 5.86. The highest BCUT2D eigenvalue weighted by molar-refractivity contribution is 7.89. The van der Waals surface area contributed by atoms with Gasteiger partial charge in [0.25, 0.3) is 5.91 Å². The molecule has 1 saturated heterocycles. The van der Waals surface area contributed by atoms with Crippen molar-refractivity contribution in [2.75, 3.05) is 39.3 Å². The third-order valence-corrected chi connectivity index (χ3v) is 7.80. The lowest BCUT2D eigenvalue weighted by Crippen LogP contribution is -2.48. The number of aromatic amines is 1. The van der Waals surface area contributed by atoms with Gasteiger partial charge in [0, 0.05) is 61.0 Å². The van der Waals surface area contributed by atoms with E-state index in [9.17, 15) is 13.2 Å². The summed E-state index contributed by atoms with van der Waals surface area (Å²) in [6.07, 6.45) is 5.20. The van der Waals surface area contributed by atoms with Crippen molar-refractivity contribution in [3.05, 3.63) is 59.5 Å². The second kappa shape index (κ2) is 9.99. The molecule has 0 radical (unpaired) electrons. The average molecular weight is 476 g/mol. The number of piperazine rings is 1. The predicted molar refractivity (Wildman–Crippen MR) is 124 cm³/mol. The van der Waals surface area contributed by atoms with E-state index >= 15 is 0 Å². The van der Waals surface area contributed by atoms with E-state index in [1.54, 1.807) is 42.7 Å². The van der Waals surface area contributed by atoms with Crippen LogP contribution >= 0.6 is 11.6 Å². The molecule has 1 amide bonds. The Morgan fingerprint density at radius 2 is 1.84 bits per heavy atom. The second-order valence-electron chi connectivity index (χ2n) is 7.81. The van der Waals surface area contributed by atoms with Crippen molar-refractivity contribution in [1.82, 2.24) is 24.5 Å². The van der Waals surface area contributed by atoms with Crippen LogP contribution in [0.3, 0.4) is 0 Å². The Morgan fingerprint density at radius 1 is 1.09 bits per heavy atom. The van der Waals surface area contributed by atoms with Crippen LogP contribution in [-0.2, 0) is 10.0 Å². The minimum Gasteiger partial charge on any atom is -0.351 e. The highest BCUT2D eigenvalue weighted by Crippen LogP contribution is 2.20. The Bertz CT molecular complexity index is 1140. The first kappa shape index (κ1) is 22.7. The summed E-state index contributed by atoms with van der Waals surface area (Å²) in [7, 11) is -3.48. The van der Waals surface area contributed by atoms with Gasteiger partial charge in [0.1, 0.15) is 5.69 Å². The van der Waals surface area contributed by atoms with Gasteiger partial charge in [0.05, 0.1) is 4.90 Å². The van der Waals surface area contributed by atoms with Crippen molar-refractivity contribution in [3.63, 3.8) is 0 Å². The maximum Gasteiger partial charge on any atom is 0.267 e. The monoisotopic (exact) mass is 475 g/mol. The molecule has 0 bridgehead atoms. The molecule has 0 spiro atoms. The zero-order valence-electron chi connectivity index (χ0n) is 17.6. The van der Waals surface area contributed by atoms with E-state index in [-0.39, 0.29) is 10.8 Å². The highest BCUT2D eigenvalue weighted by Gasteiger charge is 2.28. The Hall–Kier alpha value is -2.46. The fourth-order valence-corrected chi connectivity index (χ4v) is 5.35. The number of hydrogen-bond donors (Lipinski definition) is 2. The summed E-state index contributed by atoms with van der Waals surface area (Å²) in [6, 6.07) is 9.93. The number of carbonyl (C=O) groups is 1. The van der Waals surface area contributed by atoms with Crippen LogP contribution in [0.1, 0.15) is 23.3 Å². The van der Waals surface area contributed by atoms with Crippen molar-refractivity contribution in [2.45, 2.75) is 17.7 Å². The van der Waals surface area contributed by atoms with Crippen LogP contribution in [0.15, 0.2) is 53.7 Å². The van der Waals surface area contributed by atoms with Gasteiger partial charge in [-0.3, -0.25) is 9.78 Å². The Labute approximate surface area is 192 Å². The molecule has 3 aromatic rings. The molecule has 0 unspecified atom stereocenters. The van der Waals surface area contributed by atoms with Gasteiger partial charge in [0.15, 0.2) is 0 Å². The number of H-pyrrole nitrogens is 1. The molecule has 0 atom stereocenters. The molecule has 8 nitrogen and oxygen atoms in total. The maximum absolute atomic E-state index is 12.8. The van der Waals surface area contributed by atoms with Crippen LogP contribution < -0.4 is 5.32 Å². The summed E-state index contributed by atoms with van der Waals surface area (Å²) in [5.41, 5.74) is 1.42. The normalized spacial score (nSPS) is 15.8. The number of pyridine rings is 1. The van der Waals surface area contributed by atoms with Gasteiger partial charge in [-0.2, -0.15) is 4.31 Å². The van der Waals surface area contributed by atoms with Gasteiger partial charge < -0.3 is 15.2 Å². The zero-order chi connectivity index (χ0) is 22.6. The number of benzene rings is 1. The molecule has 170 valence electrons. The van der Waals surface area contributed by atoms with Crippen LogP contribution in [-0.4, -0.2) is 72.8 Å². The van der Waals surface area contributed by atoms with E-state index in [1.807, 2.05) is 6.07 Å². The third-order valence-electron chi connectivity index (χ3n) is 5.64. The Kier molecular flexibility index (Phi) is 7.10. The van der Waals surface area contributed by atoms with Crippen molar-refractivity contribution in [1.29, 1.82) is 0 Å². The van der Waals surface area contributed by atoms with Crippen LogP contribution in [0.4, 0.5) is 0 Å². The summed E-state index contributed by atoms with van der Waals surface area (Å²) in [6.45, 7) is 3.80. The van der Waals surface area contributed by atoms with E-state index in [0.29, 0.717) is 43.4 Å². The lowest BCUT2D eigenvalue weighted by molar-refractivity contribution is 0.0948. The van der Waals surface area contributed by atoms with Gasteiger partial charge in [-0.25, -0.2) is 8.42 Å². The minimum absolute atomic E-state index is 0.123. The summed E-state index contributed by atoms with van der Waals surface area (Å²) in [4.78, 5) is 22.0. The molecule has 0 saturated carbocycles. The van der Waals surface area contributed by atoms with E-state index < -0.39 is 10.0 Å². The Balaban J connectivity index is 1.16. The number of nitrogens with zero attached hydrogens (tertiary/aromatic N) is 3. The summed E-state index contributed by atoms with van der Waals surface area (Å²) in [5.74, 6) is -0.123. The zero-order valence-corrected chi connectivity index (χ0v) is 19.2. The largest absolute Gasteiger partial charge is 0.351 e. The first-order valence-electron chi connectivity index (χ1n) is 10.6. The predicted octanol–water partition coefficient (Wildman–Crippen LogP) is 2.73. The molecule has 4 rings (SSSR count). The molecule has 1 aliphatic rings. The average Bonchev–Trinajstić information content (AvgIpc) is 3.24. The number of halogens is 1. The third kappa shape index (κ3) is 5.29. The number of unbranched alkanes of at least 4 members (excludes halogenated alkanes) is 1. The number of sulfonamides is 1. The highest BCUT2D eigenvalue weighted by atomic mass is 35.5. The molecule has 32 heavy (non-hydrogen) atoms. The lowest BCUT2D eigenvalue weighted by Gasteiger charge is -2.34. The first-order chi connectivity index (χ1) is 15.4. The number of hydrogen-bond acceptors (Lipinski definition) is 5. The standard InChI is InChI=1S/C22H26ClN5O3S/c23-18-3-5-19(6-4-18)32(30,31)28-13-11-27(12-14-28)10-2-1-8-25-22(29)21-15-17-16-24-9-7-20(17)26-21/h3-7,9,15-16,26H,1-2,8,10-14H2,(H,25,29). The molecule has 2 aromatic heterocycles. The van der Waals surface area contributed by atoms with Gasteiger partial charge in [0.2, 0.25) is 10.0 Å². The van der Waals surface area contributed by atoms with Crippen LogP contribution in [0.25, 0.3) is 10.9 Å². The minimum atomic E-state index is -3.48. The number of fused-ring (bicyclic) bond motifs is 1. The molecular weight excluding hydrogens is 450 g/mol. The number of aromatic nitrogens is 2. The summed E-state index contributed by atoms with van der Waals surface area (Å²) < 4.78 is 27.1. The van der Waals surface area contributed by atoms with Gasteiger partial charge in [-0.1, -0.05) is 11.6 Å². The molecule has 0 aliphatic carbocycles. The van der Waals surface area contributed by atoms with E-state index in [2.05, 4.69) is 20.2 Å². The number of nitrogens with one attached hydrogen (secondary N) is 2. The van der Waals surface area contributed by atoms with Crippen LogP contribution in [0.2, 0.25) is 5.02 Å². The van der Waals surface area contributed by atoms with Crippen molar-refractivity contribution in [2.24, 2.45) is 0 Å². The maximum atomic E-state index is 12.8. The number of carbonyl (C=O) groups excluding carboxylic acids is 1. The van der Waals surface area contributed by atoms with Gasteiger partial charge >= 0.3 is 0 Å². The quantitative estimate of drug-likeness (QED) is 0.488. The van der Waals surface area contributed by atoms with E-state index in [0.717, 1.165) is 30.3 Å². The second-order valence-corrected chi connectivity index (χ2v) is 10.2. The summed E-state index contributed by atoms with van der Waals surface area (Å²) in [5, 5.41) is 4.37.